The third-order valence-electron chi connectivity index (χ3n) is 12.5. The molecule has 2 saturated heterocycles. The van der Waals surface area contributed by atoms with Gasteiger partial charge in [-0.1, -0.05) is 23.4 Å². The number of hydrogen-bond donors (Lipinski definition) is 3. The molecule has 3 aliphatic heterocycles. The maximum atomic E-state index is 13.3. The summed E-state index contributed by atoms with van der Waals surface area (Å²) in [5.41, 5.74) is 12.6. The van der Waals surface area contributed by atoms with Crippen molar-refractivity contribution in [1.82, 2.24) is 50.3 Å². The second kappa shape index (κ2) is 14.2. The number of aromatic nitrogens is 6. The number of pyridine rings is 1. The molecule has 16 nitrogen and oxygen atoms in total. The van der Waals surface area contributed by atoms with Gasteiger partial charge in [-0.05, 0) is 93.3 Å². The number of carbonyl (C=O) groups excluding carboxylic acids is 4. The van der Waals surface area contributed by atoms with Crippen LogP contribution in [-0.4, -0.2) is 95.5 Å². The number of nitrogens with two attached hydrogens (primary N) is 1. The molecule has 1 unspecified atom stereocenters. The monoisotopic (exact) mass is 769 g/mol. The highest BCUT2D eigenvalue weighted by molar-refractivity contribution is 6.05. The minimum absolute atomic E-state index is 0.0312. The third kappa shape index (κ3) is 6.41. The van der Waals surface area contributed by atoms with Crippen LogP contribution in [0.15, 0.2) is 53.4 Å². The van der Waals surface area contributed by atoms with Crippen LogP contribution in [0.5, 0.6) is 0 Å². The van der Waals surface area contributed by atoms with Crippen molar-refractivity contribution < 1.29 is 23.7 Å². The number of fused-ring (bicyclic) bond motifs is 2. The molecular weight excluding hydrogens is 727 g/mol. The van der Waals surface area contributed by atoms with Crippen molar-refractivity contribution in [3.63, 3.8) is 0 Å². The molecule has 16 heteroatoms. The van der Waals surface area contributed by atoms with Crippen LogP contribution in [0.25, 0.3) is 33.7 Å². The molecule has 4 fully saturated rings. The van der Waals surface area contributed by atoms with Gasteiger partial charge in [0.05, 0.1) is 22.7 Å². The Labute approximate surface area is 327 Å². The summed E-state index contributed by atoms with van der Waals surface area (Å²) in [6.45, 7) is 3.57. The topological polar surface area (TPSA) is 207 Å². The first-order valence-electron chi connectivity index (χ1n) is 20.0. The Bertz CT molecular complexity index is 2410. The first kappa shape index (κ1) is 35.4. The maximum absolute atomic E-state index is 13.3. The number of nitrogens with one attached hydrogen (secondary N) is 2. The van der Waals surface area contributed by atoms with Gasteiger partial charge in [-0.3, -0.25) is 29.5 Å². The molecule has 2 aliphatic carbocycles. The molecule has 1 atom stereocenters. The lowest BCUT2D eigenvalue weighted by Crippen LogP contribution is -2.52. The van der Waals surface area contributed by atoms with E-state index < -0.39 is 11.9 Å². The summed E-state index contributed by atoms with van der Waals surface area (Å²) in [6, 6.07) is 11.2. The van der Waals surface area contributed by atoms with Crippen molar-refractivity contribution in [2.45, 2.75) is 81.8 Å². The van der Waals surface area contributed by atoms with Crippen molar-refractivity contribution in [3.05, 3.63) is 71.4 Å². The fourth-order valence-electron chi connectivity index (χ4n) is 9.08. The number of anilines is 1. The quantitative estimate of drug-likeness (QED) is 0.174. The molecule has 292 valence electrons. The molecule has 0 spiro atoms. The van der Waals surface area contributed by atoms with Crippen LogP contribution in [0.4, 0.5) is 5.82 Å². The first-order chi connectivity index (χ1) is 27.8. The zero-order valence-corrected chi connectivity index (χ0v) is 31.4. The first-order valence-corrected chi connectivity index (χ1v) is 20.0. The lowest BCUT2D eigenvalue weighted by molar-refractivity contribution is -0.137. The van der Waals surface area contributed by atoms with Gasteiger partial charge >= 0.3 is 0 Å². The van der Waals surface area contributed by atoms with Crippen LogP contribution in [0.1, 0.15) is 96.5 Å². The predicted octanol–water partition coefficient (Wildman–Crippen LogP) is 3.71. The van der Waals surface area contributed by atoms with E-state index >= 15 is 0 Å². The van der Waals surface area contributed by atoms with E-state index in [1.54, 1.807) is 11.1 Å². The number of amides is 4. The average molecular weight is 770 g/mol. The largest absolute Gasteiger partial charge is 0.383 e. The van der Waals surface area contributed by atoms with Gasteiger partial charge in [-0.15, -0.1) is 0 Å². The number of nitrogens with zero attached hydrogens (tertiary/aromatic N) is 8. The Balaban J connectivity index is 0.734. The molecule has 0 radical (unpaired) electrons. The highest BCUT2D eigenvalue weighted by Crippen LogP contribution is 2.49. The van der Waals surface area contributed by atoms with Crippen molar-refractivity contribution in [1.29, 1.82) is 0 Å². The van der Waals surface area contributed by atoms with Crippen LogP contribution < -0.4 is 16.4 Å². The van der Waals surface area contributed by atoms with Crippen molar-refractivity contribution >= 4 is 40.5 Å². The summed E-state index contributed by atoms with van der Waals surface area (Å²) < 4.78 is 7.79. The Morgan fingerprint density at radius 2 is 1.81 bits per heavy atom. The van der Waals surface area contributed by atoms with Crippen molar-refractivity contribution in [3.8, 4) is 22.6 Å². The predicted molar refractivity (Wildman–Crippen MR) is 206 cm³/mol. The standard InChI is InChI=1S/C41H43N11O5/c42-37-33-34(35-32(29-3-1-2-12-43-29)36(57-49-35)23-4-5-23)48-52(38(33)46-21-45-37)27-18-25(19-27)39(54)44-13-16-50-14-10-22(11-15-50)24-6-7-28-26(17-24)20-51(41(28)56)30-8-9-31(53)47-40(30)55/h1-3,6-7,12,17,21-23,25,27,30H,4-5,8-11,13-16,18-20H2,(H,44,54)(H2,42,45,46)(H,47,53,55). The molecule has 10 rings (SSSR count). The molecule has 7 heterocycles. The van der Waals surface area contributed by atoms with E-state index in [9.17, 15) is 19.2 Å². The van der Waals surface area contributed by atoms with Gasteiger partial charge in [0, 0.05) is 49.7 Å². The number of benzene rings is 1. The smallest absolute Gasteiger partial charge is 0.255 e. The zero-order valence-electron chi connectivity index (χ0n) is 31.4. The summed E-state index contributed by atoms with van der Waals surface area (Å²) in [4.78, 5) is 67.9. The number of rotatable bonds is 10. The average Bonchev–Trinajstić information content (AvgIpc) is 3.71. The Morgan fingerprint density at radius 1 is 0.965 bits per heavy atom. The molecule has 5 aromatic rings. The normalized spacial score (nSPS) is 22.8. The van der Waals surface area contributed by atoms with Gasteiger partial charge in [-0.25, -0.2) is 14.6 Å². The van der Waals surface area contributed by atoms with Crippen LogP contribution in [0.3, 0.4) is 0 Å². The summed E-state index contributed by atoms with van der Waals surface area (Å²) in [5.74, 6) is 0.887. The van der Waals surface area contributed by atoms with Crippen molar-refractivity contribution in [2.24, 2.45) is 5.92 Å². The number of imide groups is 1. The van der Waals surface area contributed by atoms with E-state index in [1.807, 2.05) is 35.0 Å². The van der Waals surface area contributed by atoms with Gasteiger partial charge in [0.15, 0.2) is 5.65 Å². The summed E-state index contributed by atoms with van der Waals surface area (Å²) >= 11 is 0. The fourth-order valence-corrected chi connectivity index (χ4v) is 9.08. The fraction of sp³-hybridized carbons (Fsp3) is 0.439. The number of carbonyl (C=O) groups is 4. The van der Waals surface area contributed by atoms with E-state index in [-0.39, 0.29) is 36.1 Å². The van der Waals surface area contributed by atoms with Crippen LogP contribution in [0, 0.1) is 5.92 Å². The van der Waals surface area contributed by atoms with Crippen LogP contribution in [-0.2, 0) is 20.9 Å². The second-order valence-electron chi connectivity index (χ2n) is 16.1. The SMILES string of the molecule is Nc1ncnc2c1c(-c1noc(C3CC3)c1-c1ccccn1)nn2C1CC(C(=O)NCCN2CCC(c3ccc4c(c3)CN(C3CCC(=O)NC3=O)C4=O)CC2)C1. The van der Waals surface area contributed by atoms with E-state index in [2.05, 4.69) is 41.7 Å². The van der Waals surface area contributed by atoms with Gasteiger partial charge in [0.2, 0.25) is 17.7 Å². The lowest BCUT2D eigenvalue weighted by Gasteiger charge is -2.35. The van der Waals surface area contributed by atoms with Crippen LogP contribution in [0.2, 0.25) is 0 Å². The summed E-state index contributed by atoms with van der Waals surface area (Å²) in [6.07, 6.45) is 9.10. The highest BCUT2D eigenvalue weighted by atomic mass is 16.5. The van der Waals surface area contributed by atoms with E-state index in [4.69, 9.17) is 15.4 Å². The molecule has 5 aliphatic rings. The Kier molecular flexibility index (Phi) is 8.80. The lowest BCUT2D eigenvalue weighted by atomic mass is 9.79. The molecule has 4 amide bonds. The third-order valence-corrected chi connectivity index (χ3v) is 12.5. The van der Waals surface area contributed by atoms with E-state index in [1.165, 1.54) is 11.9 Å². The minimum atomic E-state index is -0.612. The van der Waals surface area contributed by atoms with Gasteiger partial charge < -0.3 is 25.4 Å². The van der Waals surface area contributed by atoms with Crippen LogP contribution >= 0.6 is 0 Å². The number of piperidine rings is 2. The number of likely N-dealkylation sites (tertiary alicyclic amines) is 1. The minimum Gasteiger partial charge on any atom is -0.383 e. The summed E-state index contributed by atoms with van der Waals surface area (Å²) in [5, 5.41) is 15.7. The maximum Gasteiger partial charge on any atom is 0.255 e. The summed E-state index contributed by atoms with van der Waals surface area (Å²) in [7, 11) is 0. The Morgan fingerprint density at radius 3 is 2.58 bits per heavy atom. The van der Waals surface area contributed by atoms with E-state index in [0.29, 0.717) is 78.0 Å². The molecular formula is C41H43N11O5. The molecule has 1 aromatic carbocycles. The molecule has 57 heavy (non-hydrogen) atoms. The Hall–Kier alpha value is -6.03. The van der Waals surface area contributed by atoms with Gasteiger partial charge in [-0.2, -0.15) is 5.10 Å². The highest BCUT2D eigenvalue weighted by Gasteiger charge is 2.41. The van der Waals surface area contributed by atoms with Crippen molar-refractivity contribution in [2.75, 3.05) is 31.9 Å². The molecule has 0 bridgehead atoms. The van der Waals surface area contributed by atoms with Gasteiger partial charge in [0.25, 0.3) is 5.91 Å². The molecule has 4 N–H and O–H groups in total. The number of hydrogen-bond acceptors (Lipinski definition) is 12. The second-order valence-corrected chi connectivity index (χ2v) is 16.1. The molecule has 2 saturated carbocycles. The van der Waals surface area contributed by atoms with Gasteiger partial charge in [0.1, 0.15) is 35.3 Å². The molecule has 4 aromatic heterocycles. The zero-order chi connectivity index (χ0) is 38.8. The number of nitrogen functional groups attached to an aromatic ring is 1. The van der Waals surface area contributed by atoms with E-state index in [0.717, 1.165) is 67.9 Å².